The number of hydrogen-bond donors (Lipinski definition) is 1. The number of nitrogens with two attached hydrogens (primary N) is 1. The molecule has 2 N–H and O–H groups in total. The van der Waals surface area contributed by atoms with Gasteiger partial charge in [-0.05, 0) is 29.3 Å². The van der Waals surface area contributed by atoms with Gasteiger partial charge in [-0.1, -0.05) is 41.9 Å². The summed E-state index contributed by atoms with van der Waals surface area (Å²) in [5.74, 6) is 1.30. The molecule has 6 nitrogen and oxygen atoms in total. The second-order valence-corrected chi connectivity index (χ2v) is 7.41. The van der Waals surface area contributed by atoms with E-state index in [9.17, 15) is 4.79 Å². The molecule has 0 saturated carbocycles. The van der Waals surface area contributed by atoms with Gasteiger partial charge in [0.1, 0.15) is 18.2 Å². The van der Waals surface area contributed by atoms with E-state index in [0.717, 1.165) is 22.4 Å². The smallest absolute Gasteiger partial charge is 0.219 e. The summed E-state index contributed by atoms with van der Waals surface area (Å²) in [6.45, 7) is 3.23. The number of carbonyl (C=O) groups excluding carboxylic acids is 1. The summed E-state index contributed by atoms with van der Waals surface area (Å²) in [5.41, 5.74) is 9.29. The Morgan fingerprint density at radius 2 is 1.93 bits per heavy atom. The number of nitrogen functional groups attached to an aromatic ring is 1. The van der Waals surface area contributed by atoms with Gasteiger partial charge >= 0.3 is 0 Å². The predicted octanol–water partition coefficient (Wildman–Crippen LogP) is 3.77. The van der Waals surface area contributed by atoms with Gasteiger partial charge in [-0.2, -0.15) is 5.10 Å². The van der Waals surface area contributed by atoms with Crippen LogP contribution in [0.25, 0.3) is 0 Å². The average molecular weight is 413 g/mol. The Bertz CT molecular complexity index is 969. The van der Waals surface area contributed by atoms with Crippen molar-refractivity contribution in [1.82, 2.24) is 14.7 Å². The molecule has 0 aliphatic carbocycles. The first-order valence-corrected chi connectivity index (χ1v) is 9.78. The van der Waals surface area contributed by atoms with Crippen LogP contribution in [0.3, 0.4) is 0 Å². The lowest BCUT2D eigenvalue weighted by Crippen LogP contribution is -2.22. The van der Waals surface area contributed by atoms with Gasteiger partial charge in [0.25, 0.3) is 0 Å². The van der Waals surface area contributed by atoms with Crippen LogP contribution < -0.4 is 10.5 Å². The summed E-state index contributed by atoms with van der Waals surface area (Å²) in [5, 5.41) is 5.02. The van der Waals surface area contributed by atoms with Crippen LogP contribution in [0.15, 0.2) is 54.7 Å². The van der Waals surface area contributed by atoms with Gasteiger partial charge in [-0.15, -0.1) is 0 Å². The van der Waals surface area contributed by atoms with Crippen LogP contribution in [-0.2, 0) is 24.3 Å². The van der Waals surface area contributed by atoms with E-state index in [1.807, 2.05) is 36.5 Å². The molecule has 0 bridgehead atoms. The van der Waals surface area contributed by atoms with Gasteiger partial charge in [0.05, 0.1) is 6.54 Å². The van der Waals surface area contributed by atoms with Crippen LogP contribution in [0.1, 0.15) is 23.6 Å². The number of aromatic nitrogens is 2. The molecule has 0 spiro atoms. The van der Waals surface area contributed by atoms with Gasteiger partial charge in [0.2, 0.25) is 5.91 Å². The average Bonchev–Trinajstić information content (AvgIpc) is 3.02. The molecule has 7 heteroatoms. The lowest BCUT2D eigenvalue weighted by atomic mass is 10.1. The molecule has 2 aromatic carbocycles. The number of halogens is 1. The van der Waals surface area contributed by atoms with E-state index in [1.54, 1.807) is 29.6 Å². The number of hydrogen-bond acceptors (Lipinski definition) is 4. The third-order valence-corrected chi connectivity index (χ3v) is 4.87. The minimum absolute atomic E-state index is 0.0496. The first-order valence-electron chi connectivity index (χ1n) is 9.40. The minimum atomic E-state index is 0.0496. The van der Waals surface area contributed by atoms with Crippen LogP contribution in [0.2, 0.25) is 5.02 Å². The van der Waals surface area contributed by atoms with Crippen LogP contribution in [-0.4, -0.2) is 34.2 Å². The lowest BCUT2D eigenvalue weighted by Gasteiger charge is -2.14. The highest BCUT2D eigenvalue weighted by Gasteiger charge is 2.08. The van der Waals surface area contributed by atoms with Gasteiger partial charge in [-0.25, -0.2) is 0 Å². The van der Waals surface area contributed by atoms with Crippen LogP contribution >= 0.6 is 11.6 Å². The summed E-state index contributed by atoms with van der Waals surface area (Å²) in [6.07, 6.45) is 2.65. The zero-order valence-electron chi connectivity index (χ0n) is 16.6. The second kappa shape index (κ2) is 9.47. The number of amides is 1. The highest BCUT2D eigenvalue weighted by molar-refractivity contribution is 6.30. The van der Waals surface area contributed by atoms with Crippen LogP contribution in [0, 0.1) is 0 Å². The highest BCUT2D eigenvalue weighted by atomic mass is 35.5. The van der Waals surface area contributed by atoms with E-state index >= 15 is 0 Å². The fourth-order valence-corrected chi connectivity index (χ4v) is 3.09. The summed E-state index contributed by atoms with van der Waals surface area (Å²) < 4.78 is 7.50. The normalized spacial score (nSPS) is 10.7. The topological polar surface area (TPSA) is 73.4 Å². The number of benzene rings is 2. The lowest BCUT2D eigenvalue weighted by molar-refractivity contribution is -0.128. The summed E-state index contributed by atoms with van der Waals surface area (Å²) in [7, 11) is 1.79. The molecule has 3 aromatic rings. The Hall–Kier alpha value is -2.99. The van der Waals surface area contributed by atoms with E-state index < -0.39 is 0 Å². The van der Waals surface area contributed by atoms with Crippen molar-refractivity contribution in [2.24, 2.45) is 0 Å². The Morgan fingerprint density at radius 3 is 2.62 bits per heavy atom. The molecule has 1 aromatic heterocycles. The Balaban J connectivity index is 1.55. The molecule has 0 aliphatic rings. The molecule has 3 rings (SSSR count). The molecule has 0 atom stereocenters. The molecule has 1 heterocycles. The van der Waals surface area contributed by atoms with Crippen molar-refractivity contribution in [3.05, 3.63) is 76.4 Å². The van der Waals surface area contributed by atoms with Gasteiger partial charge in [0.15, 0.2) is 0 Å². The Labute approximate surface area is 175 Å². The van der Waals surface area contributed by atoms with Crippen molar-refractivity contribution < 1.29 is 9.53 Å². The van der Waals surface area contributed by atoms with E-state index in [1.165, 1.54) is 0 Å². The van der Waals surface area contributed by atoms with Crippen LogP contribution in [0.4, 0.5) is 5.82 Å². The quantitative estimate of drug-likeness (QED) is 0.611. The number of rotatable bonds is 8. The maximum Gasteiger partial charge on any atom is 0.219 e. The van der Waals surface area contributed by atoms with Crippen LogP contribution in [0.5, 0.6) is 5.75 Å². The summed E-state index contributed by atoms with van der Waals surface area (Å²) in [4.78, 5) is 13.0. The summed E-state index contributed by atoms with van der Waals surface area (Å²) in [6, 6.07) is 15.5. The number of ether oxygens (including phenoxy) is 1. The Morgan fingerprint density at radius 1 is 1.21 bits per heavy atom. The highest BCUT2D eigenvalue weighted by Crippen LogP contribution is 2.18. The van der Waals surface area contributed by atoms with Crippen molar-refractivity contribution in [3.8, 4) is 5.75 Å². The van der Waals surface area contributed by atoms with Crippen molar-refractivity contribution in [2.75, 3.05) is 19.4 Å². The first kappa shape index (κ1) is 20.7. The van der Waals surface area contributed by atoms with Gasteiger partial charge < -0.3 is 15.4 Å². The molecule has 1 amide bonds. The predicted molar refractivity (Wildman–Crippen MR) is 115 cm³/mol. The van der Waals surface area contributed by atoms with E-state index in [0.29, 0.717) is 37.0 Å². The zero-order chi connectivity index (χ0) is 20.8. The number of carbonyl (C=O) groups is 1. The largest absolute Gasteiger partial charge is 0.492 e. The van der Waals surface area contributed by atoms with Crippen molar-refractivity contribution in [2.45, 2.75) is 26.4 Å². The van der Waals surface area contributed by atoms with E-state index in [2.05, 4.69) is 17.2 Å². The molecule has 0 radical (unpaired) electrons. The zero-order valence-corrected chi connectivity index (χ0v) is 17.4. The third kappa shape index (κ3) is 5.99. The molecule has 0 aliphatic heterocycles. The van der Waals surface area contributed by atoms with E-state index in [-0.39, 0.29) is 5.91 Å². The Kier molecular flexibility index (Phi) is 6.77. The van der Waals surface area contributed by atoms with Gasteiger partial charge in [-0.3, -0.25) is 9.48 Å². The second-order valence-electron chi connectivity index (χ2n) is 6.98. The van der Waals surface area contributed by atoms with Gasteiger partial charge in [0, 0.05) is 43.7 Å². The molecule has 0 fully saturated rings. The maximum absolute atomic E-state index is 11.4. The standard InChI is InChI=1S/C22H25ClN4O2/c1-16(28)26(2)14-18-8-6-17(7-9-18)12-19-15-27(25-22(19)24)10-11-29-21-5-3-4-20(23)13-21/h3-9,13,15H,10-12,14H2,1-2H3,(H2,24,25). The number of anilines is 1. The monoisotopic (exact) mass is 412 g/mol. The summed E-state index contributed by atoms with van der Waals surface area (Å²) >= 11 is 5.96. The molecule has 29 heavy (non-hydrogen) atoms. The van der Waals surface area contributed by atoms with Crippen molar-refractivity contribution >= 4 is 23.3 Å². The van der Waals surface area contributed by atoms with Crippen molar-refractivity contribution in [1.29, 1.82) is 0 Å². The molecular weight excluding hydrogens is 388 g/mol. The minimum Gasteiger partial charge on any atom is -0.492 e. The fourth-order valence-electron chi connectivity index (χ4n) is 2.91. The number of nitrogens with zero attached hydrogens (tertiary/aromatic N) is 3. The molecule has 0 saturated heterocycles. The molecule has 0 unspecified atom stereocenters. The first-order chi connectivity index (χ1) is 13.9. The maximum atomic E-state index is 11.4. The molecule has 152 valence electrons. The van der Waals surface area contributed by atoms with Crippen molar-refractivity contribution in [3.63, 3.8) is 0 Å². The fraction of sp³-hybridized carbons (Fsp3) is 0.273. The third-order valence-electron chi connectivity index (χ3n) is 4.63. The SMILES string of the molecule is CC(=O)N(C)Cc1ccc(Cc2cn(CCOc3cccc(Cl)c3)nc2N)cc1. The van der Waals surface area contributed by atoms with E-state index in [4.69, 9.17) is 22.1 Å². The molecular formula is C22H25ClN4O2.